The summed E-state index contributed by atoms with van der Waals surface area (Å²) in [4.78, 5) is 8.37. The molecule has 0 aliphatic heterocycles. The molecule has 0 spiro atoms. The van der Waals surface area contributed by atoms with Gasteiger partial charge in [0.25, 0.3) is 0 Å². The monoisotopic (exact) mass is 273 g/mol. The van der Waals surface area contributed by atoms with Crippen LogP contribution >= 0.6 is 11.8 Å². The van der Waals surface area contributed by atoms with Crippen LogP contribution in [0.1, 0.15) is 22.7 Å². The Bertz CT molecular complexity index is 508. The van der Waals surface area contributed by atoms with Crippen molar-refractivity contribution in [1.29, 1.82) is 0 Å². The van der Waals surface area contributed by atoms with Crippen molar-refractivity contribution in [2.24, 2.45) is 0 Å². The van der Waals surface area contributed by atoms with Crippen LogP contribution in [0.5, 0.6) is 0 Å². The quantitative estimate of drug-likeness (QED) is 0.849. The second kappa shape index (κ2) is 6.68. The highest BCUT2D eigenvalue weighted by molar-refractivity contribution is 7.99. The Morgan fingerprint density at radius 2 is 1.89 bits per heavy atom. The predicted octanol–water partition coefficient (Wildman–Crippen LogP) is 3.15. The Kier molecular flexibility index (Phi) is 4.93. The molecule has 100 valence electrons. The molecule has 1 atom stereocenters. The average molecular weight is 273 g/mol. The Hall–Kier alpha value is -1.39. The maximum absolute atomic E-state index is 4.29. The van der Waals surface area contributed by atoms with E-state index in [1.54, 1.807) is 30.4 Å². The molecule has 1 N–H and O–H groups in total. The van der Waals surface area contributed by atoms with Crippen molar-refractivity contribution in [2.75, 3.05) is 12.8 Å². The van der Waals surface area contributed by atoms with Gasteiger partial charge in [0, 0.05) is 24.2 Å². The van der Waals surface area contributed by atoms with Gasteiger partial charge in [-0.3, -0.25) is 4.98 Å². The van der Waals surface area contributed by atoms with E-state index in [0.29, 0.717) is 6.04 Å². The first-order chi connectivity index (χ1) is 9.19. The van der Waals surface area contributed by atoms with E-state index in [0.717, 1.165) is 10.8 Å². The maximum atomic E-state index is 4.29. The van der Waals surface area contributed by atoms with Gasteiger partial charge in [0.05, 0.1) is 6.20 Å². The average Bonchev–Trinajstić information content (AvgIpc) is 2.39. The molecule has 0 saturated heterocycles. The summed E-state index contributed by atoms with van der Waals surface area (Å²) in [5.74, 6) is 0.943. The first-order valence-electron chi connectivity index (χ1n) is 6.33. The lowest BCUT2D eigenvalue weighted by Gasteiger charge is -2.17. The van der Waals surface area contributed by atoms with Crippen LogP contribution in [-0.2, 0) is 0 Å². The van der Waals surface area contributed by atoms with Crippen LogP contribution < -0.4 is 5.32 Å². The van der Waals surface area contributed by atoms with Crippen molar-refractivity contribution in [3.63, 3.8) is 0 Å². The van der Waals surface area contributed by atoms with Crippen molar-refractivity contribution in [2.45, 2.75) is 24.9 Å². The zero-order chi connectivity index (χ0) is 13.7. The van der Waals surface area contributed by atoms with E-state index in [4.69, 9.17) is 0 Å². The minimum absolute atomic E-state index is 0.325. The van der Waals surface area contributed by atoms with Crippen molar-refractivity contribution >= 4 is 11.8 Å². The van der Waals surface area contributed by atoms with Crippen LogP contribution in [0.2, 0.25) is 0 Å². The third kappa shape index (κ3) is 4.04. The van der Waals surface area contributed by atoms with Crippen molar-refractivity contribution in [1.82, 2.24) is 15.3 Å². The van der Waals surface area contributed by atoms with E-state index in [9.17, 15) is 0 Å². The first kappa shape index (κ1) is 14.0. The lowest BCUT2D eigenvalue weighted by atomic mass is 10.0. The summed E-state index contributed by atoms with van der Waals surface area (Å²) in [5.41, 5.74) is 3.94. The molecule has 0 aliphatic carbocycles. The number of aryl methyl sites for hydroxylation is 2. The van der Waals surface area contributed by atoms with Gasteiger partial charge in [-0.05, 0) is 26.5 Å². The van der Waals surface area contributed by atoms with Gasteiger partial charge in [-0.2, -0.15) is 0 Å². The highest BCUT2D eigenvalue weighted by atomic mass is 32.2. The van der Waals surface area contributed by atoms with E-state index in [1.807, 2.05) is 7.05 Å². The van der Waals surface area contributed by atoms with Crippen LogP contribution in [0, 0.1) is 13.8 Å². The van der Waals surface area contributed by atoms with Gasteiger partial charge < -0.3 is 5.32 Å². The van der Waals surface area contributed by atoms with E-state index in [-0.39, 0.29) is 0 Å². The molecule has 0 fully saturated rings. The normalized spacial score (nSPS) is 12.4. The zero-order valence-electron chi connectivity index (χ0n) is 11.6. The molecule has 0 aliphatic rings. The second-order valence-corrected chi connectivity index (χ2v) is 5.66. The summed E-state index contributed by atoms with van der Waals surface area (Å²) in [5, 5.41) is 4.34. The van der Waals surface area contributed by atoms with Crippen molar-refractivity contribution < 1.29 is 0 Å². The van der Waals surface area contributed by atoms with Gasteiger partial charge in [-0.15, -0.1) is 11.8 Å². The summed E-state index contributed by atoms with van der Waals surface area (Å²) < 4.78 is 0. The highest BCUT2D eigenvalue weighted by Gasteiger charge is 2.11. The minimum Gasteiger partial charge on any atom is -0.312 e. The molecule has 1 unspecified atom stereocenters. The number of rotatable bonds is 5. The van der Waals surface area contributed by atoms with Gasteiger partial charge in [0.2, 0.25) is 0 Å². The summed E-state index contributed by atoms with van der Waals surface area (Å²) in [6.07, 6.45) is 5.23. The SMILES string of the molecule is CNC(CSc1cnccn1)c1cc(C)cc(C)c1. The summed E-state index contributed by atoms with van der Waals surface area (Å²) in [6.45, 7) is 4.28. The van der Waals surface area contributed by atoms with Gasteiger partial charge in [-0.1, -0.05) is 29.3 Å². The molecule has 3 nitrogen and oxygen atoms in total. The summed E-state index contributed by atoms with van der Waals surface area (Å²) in [6, 6.07) is 7.01. The maximum Gasteiger partial charge on any atom is 0.114 e. The fraction of sp³-hybridized carbons (Fsp3) is 0.333. The standard InChI is InChI=1S/C15H19N3S/c1-11-6-12(2)8-13(7-11)14(16-3)10-19-15-9-17-4-5-18-15/h4-9,14,16H,10H2,1-3H3. The topological polar surface area (TPSA) is 37.8 Å². The van der Waals surface area contributed by atoms with Crippen LogP contribution in [0.4, 0.5) is 0 Å². The van der Waals surface area contributed by atoms with Crippen LogP contribution in [0.3, 0.4) is 0 Å². The molecular weight excluding hydrogens is 254 g/mol. The van der Waals surface area contributed by atoms with E-state index < -0.39 is 0 Å². The van der Waals surface area contributed by atoms with E-state index >= 15 is 0 Å². The Balaban J connectivity index is 2.07. The molecule has 19 heavy (non-hydrogen) atoms. The Morgan fingerprint density at radius 1 is 1.16 bits per heavy atom. The number of benzene rings is 1. The third-order valence-electron chi connectivity index (χ3n) is 2.93. The van der Waals surface area contributed by atoms with Crippen LogP contribution in [0.25, 0.3) is 0 Å². The second-order valence-electron chi connectivity index (χ2n) is 4.62. The Labute approximate surface area is 118 Å². The first-order valence-corrected chi connectivity index (χ1v) is 7.32. The molecular formula is C15H19N3S. The molecule has 2 aromatic rings. The molecule has 1 aromatic heterocycles. The van der Waals surface area contributed by atoms with Crippen molar-refractivity contribution in [3.8, 4) is 0 Å². The minimum atomic E-state index is 0.325. The molecule has 0 saturated carbocycles. The molecule has 1 aromatic carbocycles. The number of hydrogen-bond acceptors (Lipinski definition) is 4. The smallest absolute Gasteiger partial charge is 0.114 e. The number of aromatic nitrogens is 2. The lowest BCUT2D eigenvalue weighted by Crippen LogP contribution is -2.19. The largest absolute Gasteiger partial charge is 0.312 e. The predicted molar refractivity (Wildman–Crippen MR) is 80.5 cm³/mol. The number of nitrogens with one attached hydrogen (secondary N) is 1. The van der Waals surface area contributed by atoms with Crippen LogP contribution in [-0.4, -0.2) is 22.8 Å². The number of thioether (sulfide) groups is 1. The molecule has 0 bridgehead atoms. The third-order valence-corrected chi connectivity index (χ3v) is 3.94. The number of nitrogens with zero attached hydrogens (tertiary/aromatic N) is 2. The lowest BCUT2D eigenvalue weighted by molar-refractivity contribution is 0.660. The molecule has 2 rings (SSSR count). The van der Waals surface area contributed by atoms with Crippen molar-refractivity contribution in [3.05, 3.63) is 53.5 Å². The molecule has 0 radical (unpaired) electrons. The van der Waals surface area contributed by atoms with Gasteiger partial charge in [0.1, 0.15) is 5.03 Å². The molecule has 0 amide bonds. The molecule has 4 heteroatoms. The fourth-order valence-electron chi connectivity index (χ4n) is 2.09. The van der Waals surface area contributed by atoms with Gasteiger partial charge in [-0.25, -0.2) is 4.98 Å². The highest BCUT2D eigenvalue weighted by Crippen LogP contribution is 2.24. The van der Waals surface area contributed by atoms with Crippen LogP contribution in [0.15, 0.2) is 41.8 Å². The molecule has 1 heterocycles. The summed E-state index contributed by atoms with van der Waals surface area (Å²) in [7, 11) is 2.00. The Morgan fingerprint density at radius 3 is 2.47 bits per heavy atom. The van der Waals surface area contributed by atoms with E-state index in [2.05, 4.69) is 47.3 Å². The van der Waals surface area contributed by atoms with Gasteiger partial charge >= 0.3 is 0 Å². The zero-order valence-corrected chi connectivity index (χ0v) is 12.4. The van der Waals surface area contributed by atoms with E-state index in [1.165, 1.54) is 16.7 Å². The van der Waals surface area contributed by atoms with Gasteiger partial charge in [0.15, 0.2) is 0 Å². The summed E-state index contributed by atoms with van der Waals surface area (Å²) >= 11 is 1.72. The number of hydrogen-bond donors (Lipinski definition) is 1. The fourth-order valence-corrected chi connectivity index (χ4v) is 3.05.